The summed E-state index contributed by atoms with van der Waals surface area (Å²) in [7, 11) is 0. The third-order valence-electron chi connectivity index (χ3n) is 3.93. The van der Waals surface area contributed by atoms with Gasteiger partial charge in [0.05, 0.1) is 17.4 Å². The minimum atomic E-state index is -0.672. The maximum atomic E-state index is 13.4. The zero-order valence-corrected chi connectivity index (χ0v) is 12.4. The number of halogens is 2. The van der Waals surface area contributed by atoms with Gasteiger partial charge < -0.3 is 5.11 Å². The van der Waals surface area contributed by atoms with Crippen LogP contribution in [-0.4, -0.2) is 14.9 Å². The molecule has 24 heavy (non-hydrogen) atoms. The van der Waals surface area contributed by atoms with E-state index in [1.54, 1.807) is 23.0 Å². The van der Waals surface area contributed by atoms with E-state index >= 15 is 0 Å². The van der Waals surface area contributed by atoms with Gasteiger partial charge in [0.1, 0.15) is 5.82 Å². The molecule has 118 valence electrons. The van der Waals surface area contributed by atoms with Crippen LogP contribution >= 0.6 is 0 Å². The summed E-state index contributed by atoms with van der Waals surface area (Å²) in [5.41, 5.74) is 3.25. The first-order valence-electron chi connectivity index (χ1n) is 7.34. The molecule has 0 unspecified atom stereocenters. The first-order chi connectivity index (χ1) is 11.6. The second-order valence-electron chi connectivity index (χ2n) is 5.47. The molecule has 0 fully saturated rings. The van der Waals surface area contributed by atoms with Gasteiger partial charge in [0, 0.05) is 11.5 Å². The largest absolute Gasteiger partial charge is 0.505 e. The van der Waals surface area contributed by atoms with Crippen LogP contribution in [-0.2, 0) is 0 Å². The van der Waals surface area contributed by atoms with Crippen LogP contribution in [0.2, 0.25) is 0 Å². The van der Waals surface area contributed by atoms with Crippen molar-refractivity contribution in [1.29, 1.82) is 0 Å². The molecule has 0 aliphatic carbocycles. The molecule has 0 saturated carbocycles. The Hall–Kier alpha value is -3.21. The number of aromatic hydroxyl groups is 1. The molecule has 0 atom stereocenters. The number of rotatable bonds is 2. The molecule has 0 amide bonds. The van der Waals surface area contributed by atoms with Gasteiger partial charge in [-0.3, -0.25) is 0 Å². The molecule has 3 aromatic carbocycles. The number of nitrogens with zero attached hydrogens (tertiary/aromatic N) is 2. The molecule has 0 spiro atoms. The van der Waals surface area contributed by atoms with Crippen LogP contribution in [0.1, 0.15) is 0 Å². The van der Waals surface area contributed by atoms with Gasteiger partial charge in [-0.05, 0) is 41.5 Å². The molecule has 0 radical (unpaired) electrons. The number of hydrogen-bond acceptors (Lipinski definition) is 2. The van der Waals surface area contributed by atoms with Gasteiger partial charge in [-0.25, -0.2) is 13.5 Å². The quantitative estimate of drug-likeness (QED) is 0.582. The van der Waals surface area contributed by atoms with Crippen molar-refractivity contribution >= 4 is 10.9 Å². The lowest BCUT2D eigenvalue weighted by molar-refractivity contribution is 0.433. The molecule has 0 aliphatic rings. The second kappa shape index (κ2) is 5.45. The molecule has 3 nitrogen and oxygen atoms in total. The minimum absolute atomic E-state index is 0.273. The van der Waals surface area contributed by atoms with Crippen molar-refractivity contribution in [3.8, 4) is 22.6 Å². The summed E-state index contributed by atoms with van der Waals surface area (Å²) < 4.78 is 28.0. The number of hydrogen-bond donors (Lipinski definition) is 1. The van der Waals surface area contributed by atoms with E-state index in [-0.39, 0.29) is 5.82 Å². The summed E-state index contributed by atoms with van der Waals surface area (Å²) in [6, 6.07) is 16.4. The summed E-state index contributed by atoms with van der Waals surface area (Å²) in [5, 5.41) is 14.4. The van der Waals surface area contributed by atoms with Crippen molar-refractivity contribution in [2.75, 3.05) is 0 Å². The number of fused-ring (bicyclic) bond motifs is 1. The fourth-order valence-corrected chi connectivity index (χ4v) is 2.68. The Morgan fingerprint density at radius 1 is 0.833 bits per heavy atom. The van der Waals surface area contributed by atoms with Crippen LogP contribution < -0.4 is 0 Å². The number of phenols is 1. The maximum Gasteiger partial charge on any atom is 0.165 e. The van der Waals surface area contributed by atoms with Crippen LogP contribution in [0.4, 0.5) is 8.78 Å². The second-order valence-corrected chi connectivity index (χ2v) is 5.47. The van der Waals surface area contributed by atoms with E-state index in [0.717, 1.165) is 16.8 Å². The van der Waals surface area contributed by atoms with Crippen molar-refractivity contribution < 1.29 is 13.9 Å². The summed E-state index contributed by atoms with van der Waals surface area (Å²) in [4.78, 5) is 0. The molecular formula is C19H12F2N2O. The van der Waals surface area contributed by atoms with Crippen LogP contribution in [0.25, 0.3) is 27.7 Å². The van der Waals surface area contributed by atoms with Crippen LogP contribution in [0.3, 0.4) is 0 Å². The first kappa shape index (κ1) is 14.4. The lowest BCUT2D eigenvalue weighted by Gasteiger charge is -2.07. The topological polar surface area (TPSA) is 38.1 Å². The molecule has 5 heteroatoms. The lowest BCUT2D eigenvalue weighted by atomic mass is 10.1. The van der Waals surface area contributed by atoms with E-state index in [1.165, 1.54) is 24.3 Å². The predicted octanol–water partition coefficient (Wildman–Crippen LogP) is 4.68. The van der Waals surface area contributed by atoms with Gasteiger partial charge in [0.15, 0.2) is 11.6 Å². The molecule has 0 saturated heterocycles. The normalized spacial score (nSPS) is 11.1. The van der Waals surface area contributed by atoms with Crippen LogP contribution in [0.5, 0.6) is 5.75 Å². The monoisotopic (exact) mass is 322 g/mol. The third kappa shape index (κ3) is 2.40. The SMILES string of the molecule is Oc1cc2c(cnn2-c2ccc(-c3ccc(F)cc3)cc2)cc1F. The average Bonchev–Trinajstić information content (AvgIpc) is 2.99. The fraction of sp³-hybridized carbons (Fsp3) is 0. The van der Waals surface area contributed by atoms with Crippen molar-refractivity contribution in [3.05, 3.63) is 78.5 Å². The Morgan fingerprint density at radius 3 is 2.12 bits per heavy atom. The molecule has 0 bridgehead atoms. The van der Waals surface area contributed by atoms with E-state index in [1.807, 2.05) is 24.3 Å². The van der Waals surface area contributed by atoms with E-state index in [4.69, 9.17) is 0 Å². The molecule has 0 aliphatic heterocycles. The Balaban J connectivity index is 1.75. The van der Waals surface area contributed by atoms with E-state index in [9.17, 15) is 13.9 Å². The minimum Gasteiger partial charge on any atom is -0.505 e. The first-order valence-corrected chi connectivity index (χ1v) is 7.34. The number of benzene rings is 3. The van der Waals surface area contributed by atoms with Gasteiger partial charge in [-0.1, -0.05) is 24.3 Å². The van der Waals surface area contributed by atoms with E-state index < -0.39 is 11.6 Å². The van der Waals surface area contributed by atoms with Crippen molar-refractivity contribution in [2.45, 2.75) is 0 Å². The molecule has 4 aromatic rings. The summed E-state index contributed by atoms with van der Waals surface area (Å²) in [6.45, 7) is 0. The number of phenolic OH excluding ortho intramolecular Hbond substituents is 1. The van der Waals surface area contributed by atoms with Gasteiger partial charge >= 0.3 is 0 Å². The average molecular weight is 322 g/mol. The van der Waals surface area contributed by atoms with Gasteiger partial charge in [0.25, 0.3) is 0 Å². The molecule has 1 heterocycles. The highest BCUT2D eigenvalue weighted by atomic mass is 19.1. The summed E-state index contributed by atoms with van der Waals surface area (Å²) in [6.07, 6.45) is 1.55. The Morgan fingerprint density at radius 2 is 1.46 bits per heavy atom. The molecule has 1 N–H and O–H groups in total. The highest BCUT2D eigenvalue weighted by Gasteiger charge is 2.10. The van der Waals surface area contributed by atoms with E-state index in [0.29, 0.717) is 10.9 Å². The molecule has 1 aromatic heterocycles. The maximum absolute atomic E-state index is 13.4. The van der Waals surface area contributed by atoms with Gasteiger partial charge in [-0.15, -0.1) is 0 Å². The number of aromatic nitrogens is 2. The Bertz CT molecular complexity index is 1020. The third-order valence-corrected chi connectivity index (χ3v) is 3.93. The lowest BCUT2D eigenvalue weighted by Crippen LogP contribution is -1.95. The Labute approximate surface area is 136 Å². The van der Waals surface area contributed by atoms with Crippen LogP contribution in [0, 0.1) is 11.6 Å². The van der Waals surface area contributed by atoms with Gasteiger partial charge in [-0.2, -0.15) is 5.10 Å². The van der Waals surface area contributed by atoms with Crippen molar-refractivity contribution in [2.24, 2.45) is 0 Å². The standard InChI is InChI=1S/C19H12F2N2O/c20-15-5-1-12(2-6-15)13-3-7-16(8-4-13)23-18-10-19(24)17(21)9-14(18)11-22-23/h1-11,24H. The highest BCUT2D eigenvalue weighted by Crippen LogP contribution is 2.27. The predicted molar refractivity (Wildman–Crippen MR) is 88.1 cm³/mol. The molecule has 4 rings (SSSR count). The van der Waals surface area contributed by atoms with Gasteiger partial charge in [0.2, 0.25) is 0 Å². The zero-order valence-electron chi connectivity index (χ0n) is 12.4. The smallest absolute Gasteiger partial charge is 0.165 e. The Kier molecular flexibility index (Phi) is 3.27. The summed E-state index contributed by atoms with van der Waals surface area (Å²) >= 11 is 0. The van der Waals surface area contributed by atoms with Crippen molar-refractivity contribution in [1.82, 2.24) is 9.78 Å². The van der Waals surface area contributed by atoms with Crippen LogP contribution in [0.15, 0.2) is 66.9 Å². The van der Waals surface area contributed by atoms with Crippen molar-refractivity contribution in [3.63, 3.8) is 0 Å². The fourth-order valence-electron chi connectivity index (χ4n) is 2.68. The molecular weight excluding hydrogens is 310 g/mol. The highest BCUT2D eigenvalue weighted by molar-refractivity contribution is 5.82. The van der Waals surface area contributed by atoms with E-state index in [2.05, 4.69) is 5.10 Å². The zero-order chi connectivity index (χ0) is 16.7. The summed E-state index contributed by atoms with van der Waals surface area (Å²) in [5.74, 6) is -1.36.